The molecule has 0 radical (unpaired) electrons. The summed E-state index contributed by atoms with van der Waals surface area (Å²) in [5, 5.41) is 19.7. The number of hydrogen-bond donors (Lipinski definition) is 2. The molecule has 0 aromatic rings. The summed E-state index contributed by atoms with van der Waals surface area (Å²) in [4.78, 5) is 46.7. The summed E-state index contributed by atoms with van der Waals surface area (Å²) in [5.74, 6) is -2.48. The number of quaternary nitrogens is 2. The Morgan fingerprint density at radius 1 is 0.400 bits per heavy atom. The van der Waals surface area contributed by atoms with Crippen molar-refractivity contribution >= 4 is 23.9 Å². The van der Waals surface area contributed by atoms with Gasteiger partial charge in [0.15, 0.2) is 0 Å². The summed E-state index contributed by atoms with van der Waals surface area (Å²) in [6.07, 6.45) is 56.7. The lowest BCUT2D eigenvalue weighted by Gasteiger charge is -2.26. The smallest absolute Gasteiger partial charge is 0.317 e. The van der Waals surface area contributed by atoms with Crippen LogP contribution in [0.5, 0.6) is 0 Å². The highest BCUT2D eigenvalue weighted by Crippen LogP contribution is 2.06. The molecule has 10 nitrogen and oxygen atoms in total. The molecule has 0 aliphatic heterocycles. The quantitative estimate of drug-likeness (QED) is 0.0215. The van der Waals surface area contributed by atoms with Gasteiger partial charge in [-0.15, -0.1) is 0 Å². The molecule has 0 aliphatic carbocycles. The number of esters is 4. The largest absolute Gasteiger partial charge is 0.393 e. The van der Waals surface area contributed by atoms with E-state index < -0.39 is 36.1 Å². The molecule has 0 amide bonds. The molecule has 0 spiro atoms. The predicted molar refractivity (Wildman–Crippen MR) is 270 cm³/mol. The normalized spacial score (nSPS) is 14.0. The van der Waals surface area contributed by atoms with Crippen LogP contribution in [0.15, 0.2) is 134 Å². The fourth-order valence-corrected chi connectivity index (χ4v) is 5.64. The molecule has 0 fully saturated rings. The van der Waals surface area contributed by atoms with Crippen LogP contribution in [0.25, 0.3) is 0 Å². The van der Waals surface area contributed by atoms with E-state index >= 15 is 0 Å². The van der Waals surface area contributed by atoms with E-state index in [1.807, 2.05) is 60.5 Å². The molecule has 0 rings (SSSR count). The van der Waals surface area contributed by atoms with Crippen LogP contribution in [-0.4, -0.2) is 111 Å². The first kappa shape index (κ1) is 62.3. The van der Waals surface area contributed by atoms with Crippen molar-refractivity contribution in [1.29, 1.82) is 0 Å². The maximum absolute atomic E-state index is 11.7. The molecule has 2 unspecified atom stereocenters. The summed E-state index contributed by atoms with van der Waals surface area (Å²) >= 11 is 0. The number of aliphatic hydroxyl groups is 2. The number of aliphatic hydroxyl groups excluding tert-OH is 2. The SMILES string of the molecule is CC/C=C\C/C=C\C/C=C\C/C=C\C/C=C\C/C=C\CC(=O)OC(=O)CC(O)C[N+](C)(C)C.CC/C=C\C/C=C\C/C=C\C/C=C\C/C=C\CCCC(=O)OC(=O)CC(O)C[N+](C)(C)C. The van der Waals surface area contributed by atoms with E-state index in [9.17, 15) is 29.4 Å². The van der Waals surface area contributed by atoms with Gasteiger partial charge in [0.2, 0.25) is 0 Å². The van der Waals surface area contributed by atoms with Gasteiger partial charge in [-0.05, 0) is 83.5 Å². The van der Waals surface area contributed by atoms with Gasteiger partial charge in [0.25, 0.3) is 0 Å². The van der Waals surface area contributed by atoms with Crippen LogP contribution in [0.3, 0.4) is 0 Å². The zero-order chi connectivity index (χ0) is 48.9. The number of ether oxygens (including phenoxy) is 2. The molecule has 0 saturated carbocycles. The van der Waals surface area contributed by atoms with E-state index in [0.29, 0.717) is 28.5 Å². The van der Waals surface area contributed by atoms with Crippen LogP contribution in [0.4, 0.5) is 0 Å². The minimum atomic E-state index is -0.823. The van der Waals surface area contributed by atoms with E-state index in [4.69, 9.17) is 9.47 Å². The zero-order valence-corrected chi connectivity index (χ0v) is 41.5. The Morgan fingerprint density at radius 3 is 0.985 bits per heavy atom. The third kappa shape index (κ3) is 53.5. The van der Waals surface area contributed by atoms with Gasteiger partial charge < -0.3 is 28.7 Å². The van der Waals surface area contributed by atoms with Crippen LogP contribution < -0.4 is 0 Å². The van der Waals surface area contributed by atoms with Gasteiger partial charge in [0, 0.05) is 6.42 Å². The maximum Gasteiger partial charge on any atom is 0.317 e. The van der Waals surface area contributed by atoms with Gasteiger partial charge >= 0.3 is 23.9 Å². The first-order valence-corrected chi connectivity index (χ1v) is 23.6. The number of unbranched alkanes of at least 4 members (excludes halogenated alkanes) is 1. The fourth-order valence-electron chi connectivity index (χ4n) is 5.64. The second-order valence-corrected chi connectivity index (χ2v) is 17.6. The topological polar surface area (TPSA) is 127 Å². The van der Waals surface area contributed by atoms with Crippen molar-refractivity contribution in [3.63, 3.8) is 0 Å². The van der Waals surface area contributed by atoms with Crippen molar-refractivity contribution < 1.29 is 47.8 Å². The van der Waals surface area contributed by atoms with Crippen LogP contribution in [-0.2, 0) is 28.7 Å². The van der Waals surface area contributed by atoms with Crippen LogP contribution >= 0.6 is 0 Å². The Bertz CT molecular complexity index is 1590. The Balaban J connectivity index is 0. The number of likely N-dealkylation sites (N-methyl/N-ethyl adjacent to an activating group) is 2. The van der Waals surface area contributed by atoms with Crippen molar-refractivity contribution in [3.8, 4) is 0 Å². The third-order valence-corrected chi connectivity index (χ3v) is 8.57. The van der Waals surface area contributed by atoms with Crippen LogP contribution in [0.1, 0.15) is 123 Å². The van der Waals surface area contributed by atoms with Gasteiger partial charge in [0.1, 0.15) is 25.3 Å². The highest BCUT2D eigenvalue weighted by Gasteiger charge is 2.22. The zero-order valence-electron chi connectivity index (χ0n) is 41.5. The summed E-state index contributed by atoms with van der Waals surface area (Å²) in [6.45, 7) is 5.12. The van der Waals surface area contributed by atoms with Crippen molar-refractivity contribution in [3.05, 3.63) is 134 Å². The predicted octanol–water partition coefficient (Wildman–Crippen LogP) is 11.0. The average Bonchev–Trinajstić information content (AvgIpc) is 3.20. The van der Waals surface area contributed by atoms with Crippen LogP contribution in [0.2, 0.25) is 0 Å². The van der Waals surface area contributed by atoms with Crippen molar-refractivity contribution in [1.82, 2.24) is 0 Å². The number of allylic oxidation sites excluding steroid dienone is 21. The van der Waals surface area contributed by atoms with E-state index in [1.54, 1.807) is 6.08 Å². The maximum atomic E-state index is 11.7. The minimum Gasteiger partial charge on any atom is -0.393 e. The van der Waals surface area contributed by atoms with Gasteiger partial charge in [-0.1, -0.05) is 148 Å². The summed E-state index contributed by atoms with van der Waals surface area (Å²) in [5.41, 5.74) is 0. The van der Waals surface area contributed by atoms with Gasteiger partial charge in [0.05, 0.1) is 61.5 Å². The molecule has 0 aliphatic rings. The van der Waals surface area contributed by atoms with E-state index in [-0.39, 0.29) is 25.7 Å². The number of nitrogens with zero attached hydrogens (tertiary/aromatic N) is 2. The van der Waals surface area contributed by atoms with Crippen LogP contribution in [0, 0.1) is 0 Å². The second kappa shape index (κ2) is 43.2. The minimum absolute atomic E-state index is 0.0435. The summed E-state index contributed by atoms with van der Waals surface area (Å²) < 4.78 is 10.6. The Kier molecular flexibility index (Phi) is 41.4. The molecule has 2 atom stereocenters. The molecule has 0 aromatic heterocycles. The monoisotopic (exact) mass is 905 g/mol. The third-order valence-electron chi connectivity index (χ3n) is 8.57. The molecule has 0 saturated heterocycles. The molecular weight excluding hydrogens is 817 g/mol. The molecule has 0 aromatic carbocycles. The highest BCUT2D eigenvalue weighted by molar-refractivity contribution is 5.86. The molecule has 364 valence electrons. The Labute approximate surface area is 394 Å². The van der Waals surface area contributed by atoms with Crippen molar-refractivity contribution in [2.24, 2.45) is 0 Å². The molecule has 0 heterocycles. The first-order valence-electron chi connectivity index (χ1n) is 23.6. The Morgan fingerprint density at radius 2 is 0.677 bits per heavy atom. The molecular formula is C55H88N2O8+2. The van der Waals surface area contributed by atoms with Gasteiger partial charge in [-0.25, -0.2) is 0 Å². The van der Waals surface area contributed by atoms with E-state index in [1.165, 1.54) is 0 Å². The number of hydrogen-bond acceptors (Lipinski definition) is 8. The standard InChI is InChI=1S/C28H44NO4.C27H44NO4/c1-5-6-7-8-9-10-11-12-13-14-15-16-17-18-19-20-21-22-23-27(31)33-28(32)24-26(30)25-29(2,3)4;1-5-6-7-8-9-10-11-12-13-14-15-16-17-18-19-20-21-22-26(30)32-27(31)23-25(29)24-28(2,3)4/h6-7,9-10,12-13,15-16,18-19,21-22,26,30H,5,8,11,14,17,20,23-25H2,1-4H3;6-7,9-10,12-13,15-16,18-19,25,29H,5,8,11,14,17,20-24H2,1-4H3/q2*+1/b7-6-,10-9-,13-12-,16-15-,19-18-,22-21-;7-6-,10-9-,13-12-,16-15-,19-18-. The number of carbonyl (C=O) groups excluding carboxylic acids is 4. The lowest BCUT2D eigenvalue weighted by atomic mass is 10.2. The molecule has 65 heavy (non-hydrogen) atoms. The average molecular weight is 905 g/mol. The lowest BCUT2D eigenvalue weighted by Crippen LogP contribution is -2.42. The molecule has 2 N–H and O–H groups in total. The second-order valence-electron chi connectivity index (χ2n) is 17.6. The number of rotatable bonds is 34. The Hall–Kier alpha value is -4.74. The van der Waals surface area contributed by atoms with E-state index in [0.717, 1.165) is 77.0 Å². The first-order chi connectivity index (χ1) is 31.0. The van der Waals surface area contributed by atoms with Gasteiger partial charge in [-0.3, -0.25) is 19.2 Å². The highest BCUT2D eigenvalue weighted by atomic mass is 16.6. The van der Waals surface area contributed by atoms with Crippen molar-refractivity contribution in [2.75, 3.05) is 55.4 Å². The van der Waals surface area contributed by atoms with Gasteiger partial charge in [-0.2, -0.15) is 0 Å². The molecule has 0 bridgehead atoms. The van der Waals surface area contributed by atoms with E-state index in [2.05, 4.69) is 123 Å². The molecule has 10 heteroatoms. The fraction of sp³-hybridized carbons (Fsp3) is 0.527. The lowest BCUT2D eigenvalue weighted by molar-refractivity contribution is -0.873. The van der Waals surface area contributed by atoms with Crippen molar-refractivity contribution in [2.45, 2.75) is 135 Å². The number of carbonyl (C=O) groups is 4. The summed E-state index contributed by atoms with van der Waals surface area (Å²) in [7, 11) is 11.5. The summed E-state index contributed by atoms with van der Waals surface area (Å²) in [6, 6.07) is 0.